The summed E-state index contributed by atoms with van der Waals surface area (Å²) in [5, 5.41) is 5.50. The van der Waals surface area contributed by atoms with Crippen LogP contribution >= 0.6 is 22.9 Å². The van der Waals surface area contributed by atoms with Gasteiger partial charge in [-0.3, -0.25) is 19.2 Å². The van der Waals surface area contributed by atoms with E-state index in [9.17, 15) is 19.2 Å². The number of piperidine rings is 1. The average molecular weight is 491 g/mol. The van der Waals surface area contributed by atoms with E-state index in [0.717, 1.165) is 17.8 Å². The van der Waals surface area contributed by atoms with E-state index in [0.29, 0.717) is 45.5 Å². The van der Waals surface area contributed by atoms with Crippen LogP contribution in [0.1, 0.15) is 52.3 Å². The van der Waals surface area contributed by atoms with Crippen molar-refractivity contribution in [2.45, 2.75) is 39.2 Å². The van der Waals surface area contributed by atoms with Gasteiger partial charge in [0.1, 0.15) is 5.54 Å². The molecule has 1 atom stereocenters. The Morgan fingerprint density at radius 2 is 1.91 bits per heavy atom. The first-order chi connectivity index (χ1) is 15.5. The summed E-state index contributed by atoms with van der Waals surface area (Å²) in [4.78, 5) is 51.8. The molecule has 1 unspecified atom stereocenters. The molecule has 10 heteroatoms. The van der Waals surface area contributed by atoms with E-state index in [1.165, 1.54) is 0 Å². The van der Waals surface area contributed by atoms with Crippen LogP contribution in [0.15, 0.2) is 30.3 Å². The zero-order valence-electron chi connectivity index (χ0n) is 18.7. The highest BCUT2D eigenvalue weighted by Crippen LogP contribution is 2.24. The molecule has 3 rings (SSSR count). The minimum atomic E-state index is -1.19. The maximum Gasteiger partial charge on any atom is 0.262 e. The van der Waals surface area contributed by atoms with Crippen LogP contribution < -0.4 is 16.4 Å². The lowest BCUT2D eigenvalue weighted by atomic mass is 9.96. The van der Waals surface area contributed by atoms with Crippen molar-refractivity contribution in [1.29, 1.82) is 0 Å². The van der Waals surface area contributed by atoms with Crippen molar-refractivity contribution in [3.8, 4) is 0 Å². The predicted molar refractivity (Wildman–Crippen MR) is 129 cm³/mol. The molecule has 0 spiro atoms. The van der Waals surface area contributed by atoms with Crippen molar-refractivity contribution >= 4 is 52.3 Å². The van der Waals surface area contributed by atoms with E-state index in [2.05, 4.69) is 10.6 Å². The molecule has 2 heterocycles. The quantitative estimate of drug-likeness (QED) is 0.575. The van der Waals surface area contributed by atoms with Crippen molar-refractivity contribution in [1.82, 2.24) is 10.2 Å². The molecule has 0 aliphatic carbocycles. The molecule has 4 N–H and O–H groups in total. The van der Waals surface area contributed by atoms with Crippen LogP contribution in [0.4, 0.5) is 5.69 Å². The number of carbonyl (C=O) groups is 4. The molecular weight excluding hydrogens is 464 g/mol. The molecule has 1 saturated heterocycles. The largest absolute Gasteiger partial charge is 0.369 e. The van der Waals surface area contributed by atoms with Crippen LogP contribution in [-0.2, 0) is 9.59 Å². The topological polar surface area (TPSA) is 122 Å². The van der Waals surface area contributed by atoms with Gasteiger partial charge in [-0.1, -0.05) is 11.6 Å². The number of benzene rings is 1. The SMILES string of the molecule is Cc1cc(NC(=O)C(C)(C)NC(=O)c2ccc(Cl)s2)ccc1C(=O)N1CCCC(C(N)=O)C1. The maximum atomic E-state index is 13.0. The summed E-state index contributed by atoms with van der Waals surface area (Å²) in [7, 11) is 0. The molecule has 2 aromatic rings. The maximum absolute atomic E-state index is 13.0. The molecule has 8 nitrogen and oxygen atoms in total. The third kappa shape index (κ3) is 5.91. The molecular formula is C23H27ClN4O4S. The first-order valence-corrected chi connectivity index (χ1v) is 11.8. The smallest absolute Gasteiger partial charge is 0.262 e. The molecule has 1 aliphatic heterocycles. The zero-order chi connectivity index (χ0) is 24.3. The van der Waals surface area contributed by atoms with Gasteiger partial charge in [-0.05, 0) is 69.5 Å². The Balaban J connectivity index is 1.66. The second kappa shape index (κ2) is 9.93. The van der Waals surface area contributed by atoms with Crippen molar-refractivity contribution in [3.05, 3.63) is 50.7 Å². The summed E-state index contributed by atoms with van der Waals surface area (Å²) < 4.78 is 0.488. The van der Waals surface area contributed by atoms with Crippen LogP contribution in [0.2, 0.25) is 4.34 Å². The number of nitrogens with two attached hydrogens (primary N) is 1. The first-order valence-electron chi connectivity index (χ1n) is 10.6. The fourth-order valence-corrected chi connectivity index (χ4v) is 4.61. The molecule has 33 heavy (non-hydrogen) atoms. The number of nitrogens with one attached hydrogen (secondary N) is 2. The van der Waals surface area contributed by atoms with Gasteiger partial charge < -0.3 is 21.3 Å². The summed E-state index contributed by atoms with van der Waals surface area (Å²) in [5.41, 5.74) is 5.92. The molecule has 1 aliphatic rings. The van der Waals surface area contributed by atoms with E-state index in [-0.39, 0.29) is 23.6 Å². The van der Waals surface area contributed by atoms with Gasteiger partial charge >= 0.3 is 0 Å². The number of amides is 4. The Morgan fingerprint density at radius 3 is 2.52 bits per heavy atom. The minimum Gasteiger partial charge on any atom is -0.369 e. The minimum absolute atomic E-state index is 0.168. The highest BCUT2D eigenvalue weighted by molar-refractivity contribution is 7.18. The van der Waals surface area contributed by atoms with Crippen LogP contribution in [0.3, 0.4) is 0 Å². The van der Waals surface area contributed by atoms with Gasteiger partial charge in [-0.25, -0.2) is 0 Å². The number of aryl methyl sites for hydroxylation is 1. The molecule has 1 fully saturated rings. The lowest BCUT2D eigenvalue weighted by molar-refractivity contribution is -0.123. The van der Waals surface area contributed by atoms with Gasteiger partial charge in [0.25, 0.3) is 11.8 Å². The second-order valence-corrected chi connectivity index (χ2v) is 10.4. The van der Waals surface area contributed by atoms with Crippen molar-refractivity contribution in [2.24, 2.45) is 11.7 Å². The highest BCUT2D eigenvalue weighted by atomic mass is 35.5. The number of rotatable bonds is 6. The number of likely N-dealkylation sites (tertiary alicyclic amines) is 1. The molecule has 0 bridgehead atoms. The Hall–Kier alpha value is -2.91. The fraction of sp³-hybridized carbons (Fsp3) is 0.391. The van der Waals surface area contributed by atoms with E-state index >= 15 is 0 Å². The molecule has 4 amide bonds. The number of thiophene rings is 1. The van der Waals surface area contributed by atoms with E-state index < -0.39 is 11.4 Å². The zero-order valence-corrected chi connectivity index (χ0v) is 20.3. The molecule has 1 aromatic heterocycles. The van der Waals surface area contributed by atoms with Gasteiger partial charge in [0.05, 0.1) is 15.1 Å². The first kappa shape index (κ1) is 24.7. The molecule has 0 radical (unpaired) electrons. The standard InChI is InChI=1S/C23H27ClN4O4S/c1-13-11-15(6-7-16(13)21(31)28-10-4-5-14(12-28)19(25)29)26-22(32)23(2,3)27-20(30)17-8-9-18(24)33-17/h6-9,11,14H,4-5,10,12H2,1-3H3,(H2,25,29)(H,26,32)(H,27,30). The second-order valence-electron chi connectivity index (χ2n) is 8.66. The Kier molecular flexibility index (Phi) is 7.44. The third-order valence-corrected chi connectivity index (χ3v) is 6.85. The number of hydrogen-bond donors (Lipinski definition) is 3. The fourth-order valence-electron chi connectivity index (χ4n) is 3.67. The van der Waals surface area contributed by atoms with E-state index in [4.69, 9.17) is 17.3 Å². The summed E-state index contributed by atoms with van der Waals surface area (Å²) in [6, 6.07) is 8.23. The number of primary amides is 1. The predicted octanol–water partition coefficient (Wildman–Crippen LogP) is 3.19. The number of anilines is 1. The summed E-state index contributed by atoms with van der Waals surface area (Å²) in [6.45, 7) is 5.88. The van der Waals surface area contributed by atoms with Crippen LogP contribution in [0.5, 0.6) is 0 Å². The van der Waals surface area contributed by atoms with Gasteiger partial charge in [-0.15, -0.1) is 11.3 Å². The molecule has 0 saturated carbocycles. The van der Waals surface area contributed by atoms with Crippen molar-refractivity contribution in [3.63, 3.8) is 0 Å². The van der Waals surface area contributed by atoms with Crippen LogP contribution in [-0.4, -0.2) is 47.2 Å². The van der Waals surface area contributed by atoms with Crippen LogP contribution in [0, 0.1) is 12.8 Å². The molecule has 1 aromatic carbocycles. The van der Waals surface area contributed by atoms with Crippen molar-refractivity contribution in [2.75, 3.05) is 18.4 Å². The number of carbonyl (C=O) groups excluding carboxylic acids is 4. The summed E-state index contributed by atoms with van der Waals surface area (Å²) in [5.74, 6) is -1.68. The number of nitrogens with zero attached hydrogens (tertiary/aromatic N) is 1. The van der Waals surface area contributed by atoms with Crippen molar-refractivity contribution < 1.29 is 19.2 Å². The molecule has 176 valence electrons. The highest BCUT2D eigenvalue weighted by Gasteiger charge is 2.31. The van der Waals surface area contributed by atoms with Gasteiger partial charge in [-0.2, -0.15) is 0 Å². The van der Waals surface area contributed by atoms with E-state index in [1.54, 1.807) is 56.0 Å². The number of halogens is 1. The normalized spacial score (nSPS) is 16.2. The summed E-state index contributed by atoms with van der Waals surface area (Å²) >= 11 is 7.01. The van der Waals surface area contributed by atoms with E-state index in [1.807, 2.05) is 0 Å². The Morgan fingerprint density at radius 1 is 1.18 bits per heavy atom. The van der Waals surface area contributed by atoms with Crippen LogP contribution in [0.25, 0.3) is 0 Å². The third-order valence-electron chi connectivity index (χ3n) is 5.62. The monoisotopic (exact) mass is 490 g/mol. The number of hydrogen-bond acceptors (Lipinski definition) is 5. The van der Waals surface area contributed by atoms with Gasteiger partial charge in [0.2, 0.25) is 11.8 Å². The average Bonchev–Trinajstić information content (AvgIpc) is 3.19. The lowest BCUT2D eigenvalue weighted by Crippen LogP contribution is -2.52. The summed E-state index contributed by atoms with van der Waals surface area (Å²) in [6.07, 6.45) is 1.42. The Bertz CT molecular complexity index is 1100. The Labute approximate surface area is 201 Å². The lowest BCUT2D eigenvalue weighted by Gasteiger charge is -2.31. The van der Waals surface area contributed by atoms with Gasteiger partial charge in [0.15, 0.2) is 0 Å². The van der Waals surface area contributed by atoms with Gasteiger partial charge in [0, 0.05) is 24.3 Å².